The van der Waals surface area contributed by atoms with Crippen molar-refractivity contribution in [2.24, 2.45) is 0 Å². The Morgan fingerprint density at radius 2 is 2.09 bits per heavy atom. The molecule has 0 aromatic carbocycles. The predicted molar refractivity (Wildman–Crippen MR) is 90.3 cm³/mol. The molecule has 1 aliphatic heterocycles. The molecule has 2 aromatic heterocycles. The smallest absolute Gasteiger partial charge is 0.187 e. The van der Waals surface area contributed by atoms with Crippen molar-refractivity contribution in [3.8, 4) is 0 Å². The van der Waals surface area contributed by atoms with Crippen LogP contribution in [0.3, 0.4) is 0 Å². The van der Waals surface area contributed by atoms with Crippen molar-refractivity contribution in [2.75, 3.05) is 19.4 Å². The van der Waals surface area contributed by atoms with E-state index in [0.717, 1.165) is 61.3 Å². The molecule has 0 saturated carbocycles. The van der Waals surface area contributed by atoms with Gasteiger partial charge in [0.2, 0.25) is 0 Å². The molecule has 1 saturated heterocycles. The Balaban J connectivity index is 1.67. The molecule has 5 nitrogen and oxygen atoms in total. The molecule has 0 radical (unpaired) electrons. The molecular formula is C17H23N3O2S. The summed E-state index contributed by atoms with van der Waals surface area (Å²) in [6.07, 6.45) is 8.42. The molecule has 23 heavy (non-hydrogen) atoms. The van der Waals surface area contributed by atoms with Crippen molar-refractivity contribution < 1.29 is 9.15 Å². The Morgan fingerprint density at radius 1 is 1.26 bits per heavy atom. The number of aromatic nitrogens is 2. The van der Waals surface area contributed by atoms with Crippen LogP contribution in [0.4, 0.5) is 0 Å². The Morgan fingerprint density at radius 3 is 2.70 bits per heavy atom. The van der Waals surface area contributed by atoms with Gasteiger partial charge >= 0.3 is 0 Å². The predicted octanol–water partition coefficient (Wildman–Crippen LogP) is 3.28. The summed E-state index contributed by atoms with van der Waals surface area (Å²) >= 11 is 1.56. The first-order valence-corrected chi connectivity index (χ1v) is 9.19. The fourth-order valence-electron chi connectivity index (χ4n) is 2.84. The number of hydrogen-bond donors (Lipinski definition) is 0. The third-order valence-electron chi connectivity index (χ3n) is 3.93. The highest BCUT2D eigenvalue weighted by Gasteiger charge is 2.20. The van der Waals surface area contributed by atoms with Gasteiger partial charge in [-0.15, -0.1) is 0 Å². The van der Waals surface area contributed by atoms with Crippen LogP contribution in [-0.4, -0.2) is 40.4 Å². The highest BCUT2D eigenvalue weighted by Crippen LogP contribution is 2.18. The minimum Gasteiger partial charge on any atom is -0.465 e. The van der Waals surface area contributed by atoms with Gasteiger partial charge in [0.25, 0.3) is 0 Å². The average molecular weight is 333 g/mol. The van der Waals surface area contributed by atoms with E-state index >= 15 is 0 Å². The maximum atomic E-state index is 5.79. The van der Waals surface area contributed by atoms with E-state index in [0.29, 0.717) is 6.10 Å². The molecule has 1 atom stereocenters. The molecule has 0 N–H and O–H groups in total. The highest BCUT2D eigenvalue weighted by atomic mass is 32.2. The summed E-state index contributed by atoms with van der Waals surface area (Å²) in [6, 6.07) is 4.06. The van der Waals surface area contributed by atoms with Gasteiger partial charge in [0.15, 0.2) is 5.16 Å². The lowest BCUT2D eigenvalue weighted by Crippen LogP contribution is -2.31. The maximum Gasteiger partial charge on any atom is 0.187 e. The third kappa shape index (κ3) is 4.80. The standard InChI is InChI=1S/C17H23N3O2S/c1-13-5-6-16(22-13)12-20(11-15-4-3-7-21-15)10-14-8-18-17(23-2)19-9-14/h5-6,8-9,15H,3-4,7,10-12H2,1-2H3/t15-/m1/s1. The fraction of sp³-hybridized carbons (Fsp3) is 0.529. The molecule has 2 aromatic rings. The van der Waals surface area contributed by atoms with Crippen molar-refractivity contribution in [1.29, 1.82) is 0 Å². The van der Waals surface area contributed by atoms with Crippen LogP contribution in [0.15, 0.2) is 34.1 Å². The first kappa shape index (κ1) is 16.5. The van der Waals surface area contributed by atoms with Gasteiger partial charge in [0, 0.05) is 37.7 Å². The molecule has 3 heterocycles. The van der Waals surface area contributed by atoms with E-state index in [-0.39, 0.29) is 0 Å². The molecule has 3 rings (SSSR count). The van der Waals surface area contributed by atoms with E-state index in [4.69, 9.17) is 9.15 Å². The fourth-order valence-corrected chi connectivity index (χ4v) is 3.16. The Hall–Kier alpha value is -1.37. The molecule has 124 valence electrons. The van der Waals surface area contributed by atoms with E-state index in [1.54, 1.807) is 11.8 Å². The van der Waals surface area contributed by atoms with Crippen LogP contribution in [0.5, 0.6) is 0 Å². The Bertz CT molecular complexity index is 609. The van der Waals surface area contributed by atoms with E-state index in [1.807, 2.05) is 37.7 Å². The van der Waals surface area contributed by atoms with E-state index in [2.05, 4.69) is 14.9 Å². The molecule has 1 fully saturated rings. The zero-order valence-corrected chi connectivity index (χ0v) is 14.5. The molecule has 0 unspecified atom stereocenters. The molecule has 0 amide bonds. The van der Waals surface area contributed by atoms with Gasteiger partial charge in [0.1, 0.15) is 11.5 Å². The summed E-state index contributed by atoms with van der Waals surface area (Å²) in [6.45, 7) is 5.34. The first-order valence-electron chi connectivity index (χ1n) is 7.97. The Labute approximate surface area is 141 Å². The summed E-state index contributed by atoms with van der Waals surface area (Å²) in [5.41, 5.74) is 1.11. The lowest BCUT2D eigenvalue weighted by molar-refractivity contribution is 0.0653. The van der Waals surface area contributed by atoms with Crippen molar-refractivity contribution in [3.05, 3.63) is 41.6 Å². The summed E-state index contributed by atoms with van der Waals surface area (Å²) in [5.74, 6) is 1.94. The van der Waals surface area contributed by atoms with Crippen LogP contribution in [0.1, 0.15) is 29.9 Å². The molecular weight excluding hydrogens is 310 g/mol. The van der Waals surface area contributed by atoms with Crippen molar-refractivity contribution in [2.45, 2.75) is 44.1 Å². The number of hydrogen-bond acceptors (Lipinski definition) is 6. The van der Waals surface area contributed by atoms with E-state index in [1.165, 1.54) is 0 Å². The zero-order chi connectivity index (χ0) is 16.1. The van der Waals surface area contributed by atoms with Crippen molar-refractivity contribution >= 4 is 11.8 Å². The lowest BCUT2D eigenvalue weighted by Gasteiger charge is -2.24. The van der Waals surface area contributed by atoms with Crippen LogP contribution >= 0.6 is 11.8 Å². The largest absolute Gasteiger partial charge is 0.465 e. The van der Waals surface area contributed by atoms with E-state index in [9.17, 15) is 0 Å². The van der Waals surface area contributed by atoms with Gasteiger partial charge in [0.05, 0.1) is 12.6 Å². The second kappa shape index (κ2) is 7.95. The third-order valence-corrected chi connectivity index (χ3v) is 4.51. The zero-order valence-electron chi connectivity index (χ0n) is 13.7. The molecule has 6 heteroatoms. The number of ether oxygens (including phenoxy) is 1. The van der Waals surface area contributed by atoms with Gasteiger partial charge in [-0.2, -0.15) is 0 Å². The van der Waals surface area contributed by atoms with Crippen LogP contribution in [0, 0.1) is 6.92 Å². The number of aryl methyl sites for hydroxylation is 1. The SMILES string of the molecule is CSc1ncc(CN(Cc2ccc(C)o2)C[C@H]2CCCO2)cn1. The quantitative estimate of drug-likeness (QED) is 0.572. The molecule has 0 spiro atoms. The van der Waals surface area contributed by atoms with Gasteiger partial charge in [-0.25, -0.2) is 9.97 Å². The maximum absolute atomic E-state index is 5.79. The molecule has 0 bridgehead atoms. The summed E-state index contributed by atoms with van der Waals surface area (Å²) in [7, 11) is 0. The normalized spacial score (nSPS) is 18.0. The topological polar surface area (TPSA) is 51.4 Å². The number of rotatable bonds is 7. The lowest BCUT2D eigenvalue weighted by atomic mass is 10.2. The second-order valence-corrected chi connectivity index (χ2v) is 6.67. The van der Waals surface area contributed by atoms with Crippen molar-refractivity contribution in [1.82, 2.24) is 14.9 Å². The van der Waals surface area contributed by atoms with Crippen LogP contribution in [0.25, 0.3) is 0 Å². The van der Waals surface area contributed by atoms with E-state index < -0.39 is 0 Å². The van der Waals surface area contributed by atoms with Crippen LogP contribution in [0.2, 0.25) is 0 Å². The van der Waals surface area contributed by atoms with Gasteiger partial charge in [-0.1, -0.05) is 11.8 Å². The first-order chi connectivity index (χ1) is 11.2. The summed E-state index contributed by atoms with van der Waals surface area (Å²) < 4.78 is 11.5. The number of nitrogens with zero attached hydrogens (tertiary/aromatic N) is 3. The van der Waals surface area contributed by atoms with Gasteiger partial charge in [-0.05, 0) is 38.2 Å². The Kier molecular flexibility index (Phi) is 5.70. The minimum absolute atomic E-state index is 0.317. The second-order valence-electron chi connectivity index (χ2n) is 5.90. The van der Waals surface area contributed by atoms with Gasteiger partial charge in [-0.3, -0.25) is 4.90 Å². The molecule has 1 aliphatic rings. The van der Waals surface area contributed by atoms with Gasteiger partial charge < -0.3 is 9.15 Å². The summed E-state index contributed by atoms with van der Waals surface area (Å²) in [5, 5.41) is 0.807. The minimum atomic E-state index is 0.317. The monoisotopic (exact) mass is 333 g/mol. The van der Waals surface area contributed by atoms with Crippen LogP contribution < -0.4 is 0 Å². The highest BCUT2D eigenvalue weighted by molar-refractivity contribution is 7.98. The molecule has 0 aliphatic carbocycles. The average Bonchev–Trinajstić information content (AvgIpc) is 3.20. The number of thioether (sulfide) groups is 1. The number of furan rings is 1. The van der Waals surface area contributed by atoms with Crippen LogP contribution in [-0.2, 0) is 17.8 Å². The summed E-state index contributed by atoms with van der Waals surface area (Å²) in [4.78, 5) is 11.1. The van der Waals surface area contributed by atoms with Crippen molar-refractivity contribution in [3.63, 3.8) is 0 Å².